The fraction of sp³-hybridized carbons (Fsp3) is 0.412. The quantitative estimate of drug-likeness (QED) is 0.825. The Balaban J connectivity index is 1.83. The van der Waals surface area contributed by atoms with E-state index in [4.69, 9.17) is 5.26 Å². The van der Waals surface area contributed by atoms with E-state index in [1.54, 1.807) is 0 Å². The highest BCUT2D eigenvalue weighted by atomic mass is 32.2. The van der Waals surface area contributed by atoms with E-state index in [0.29, 0.717) is 32.6 Å². The van der Waals surface area contributed by atoms with Gasteiger partial charge >= 0.3 is 0 Å². The Morgan fingerprint density at radius 2 is 1.88 bits per heavy atom. The first-order valence-corrected chi connectivity index (χ1v) is 9.81. The minimum Gasteiger partial charge on any atom is -0.297 e. The van der Waals surface area contributed by atoms with Crippen molar-refractivity contribution >= 4 is 9.84 Å². The van der Waals surface area contributed by atoms with Gasteiger partial charge in [-0.25, -0.2) is 8.42 Å². The molecule has 0 unspecified atom stereocenters. The molecule has 0 atom stereocenters. The van der Waals surface area contributed by atoms with E-state index in [1.165, 1.54) is 0 Å². The molecule has 0 bridgehead atoms. The maximum atomic E-state index is 11.6. The van der Waals surface area contributed by atoms with Gasteiger partial charge in [-0.1, -0.05) is 30.3 Å². The van der Waals surface area contributed by atoms with Gasteiger partial charge in [0.05, 0.1) is 36.2 Å². The zero-order valence-corrected chi connectivity index (χ0v) is 14.2. The normalized spacial score (nSPS) is 17.5. The van der Waals surface area contributed by atoms with Crippen LogP contribution in [0.4, 0.5) is 0 Å². The lowest BCUT2D eigenvalue weighted by atomic mass is 10.1. The molecule has 1 aliphatic heterocycles. The highest BCUT2D eigenvalue weighted by Crippen LogP contribution is 2.24. The summed E-state index contributed by atoms with van der Waals surface area (Å²) < 4.78 is 25.0. The van der Waals surface area contributed by atoms with Crippen molar-refractivity contribution in [1.29, 1.82) is 5.26 Å². The number of aromatic nitrogens is 2. The van der Waals surface area contributed by atoms with Crippen LogP contribution in [0, 0.1) is 11.3 Å². The second-order valence-corrected chi connectivity index (χ2v) is 8.27. The van der Waals surface area contributed by atoms with E-state index in [9.17, 15) is 8.42 Å². The first-order chi connectivity index (χ1) is 11.6. The fourth-order valence-electron chi connectivity index (χ4n) is 2.85. The second-order valence-electron chi connectivity index (χ2n) is 5.97. The number of rotatable bonds is 5. The molecule has 1 aromatic heterocycles. The lowest BCUT2D eigenvalue weighted by Gasteiger charge is -2.26. The number of sulfone groups is 1. The monoisotopic (exact) mass is 344 g/mol. The fourth-order valence-corrected chi connectivity index (χ4v) is 4.12. The van der Waals surface area contributed by atoms with Crippen LogP contribution in [-0.4, -0.2) is 47.7 Å². The summed E-state index contributed by atoms with van der Waals surface area (Å²) in [6.45, 7) is 2.34. The summed E-state index contributed by atoms with van der Waals surface area (Å²) in [7, 11) is -2.88. The molecule has 0 N–H and O–H groups in total. The number of hydrogen-bond donors (Lipinski definition) is 0. The first kappa shape index (κ1) is 16.7. The van der Waals surface area contributed by atoms with Crippen molar-refractivity contribution in [3.05, 3.63) is 42.1 Å². The molecule has 1 fully saturated rings. The van der Waals surface area contributed by atoms with Crippen LogP contribution in [0.15, 0.2) is 36.5 Å². The standard InChI is InChI=1S/C17H20N4O2S/c18-7-4-8-21-14-16(13-20-9-11-24(22,23)12-10-20)17(19-21)15-5-2-1-3-6-15/h1-3,5-6,14H,4,8-13H2. The van der Waals surface area contributed by atoms with Crippen LogP contribution in [0.2, 0.25) is 0 Å². The Morgan fingerprint density at radius 3 is 2.54 bits per heavy atom. The number of hydrogen-bond acceptors (Lipinski definition) is 5. The van der Waals surface area contributed by atoms with E-state index in [1.807, 2.05) is 41.2 Å². The Bertz CT molecular complexity index is 823. The summed E-state index contributed by atoms with van der Waals surface area (Å²) in [4.78, 5) is 2.15. The van der Waals surface area contributed by atoms with Crippen molar-refractivity contribution in [1.82, 2.24) is 14.7 Å². The van der Waals surface area contributed by atoms with Gasteiger partial charge in [-0.3, -0.25) is 9.58 Å². The maximum Gasteiger partial charge on any atom is 0.152 e. The predicted molar refractivity (Wildman–Crippen MR) is 91.8 cm³/mol. The van der Waals surface area contributed by atoms with E-state index in [-0.39, 0.29) is 11.5 Å². The average Bonchev–Trinajstić information content (AvgIpc) is 2.98. The van der Waals surface area contributed by atoms with Gasteiger partial charge in [-0.05, 0) is 0 Å². The molecule has 24 heavy (non-hydrogen) atoms. The third kappa shape index (κ3) is 4.02. The molecule has 0 spiro atoms. The van der Waals surface area contributed by atoms with Crippen LogP contribution >= 0.6 is 0 Å². The van der Waals surface area contributed by atoms with E-state index < -0.39 is 9.84 Å². The Labute approximate surface area is 142 Å². The van der Waals surface area contributed by atoms with Crippen molar-refractivity contribution in [3.8, 4) is 17.3 Å². The SMILES string of the molecule is N#CCCn1cc(CN2CCS(=O)(=O)CC2)c(-c2ccccc2)n1. The van der Waals surface area contributed by atoms with Gasteiger partial charge in [0.15, 0.2) is 9.84 Å². The maximum absolute atomic E-state index is 11.6. The Morgan fingerprint density at radius 1 is 1.17 bits per heavy atom. The number of nitrogens with zero attached hydrogens (tertiary/aromatic N) is 4. The summed E-state index contributed by atoms with van der Waals surface area (Å²) in [6, 6.07) is 12.1. The van der Waals surface area contributed by atoms with Crippen molar-refractivity contribution in [2.45, 2.75) is 19.5 Å². The largest absolute Gasteiger partial charge is 0.297 e. The smallest absolute Gasteiger partial charge is 0.152 e. The van der Waals surface area contributed by atoms with Gasteiger partial charge in [-0.2, -0.15) is 10.4 Å². The molecule has 1 saturated heterocycles. The first-order valence-electron chi connectivity index (χ1n) is 7.99. The molecule has 2 heterocycles. The van der Waals surface area contributed by atoms with Crippen molar-refractivity contribution < 1.29 is 8.42 Å². The lowest BCUT2D eigenvalue weighted by molar-refractivity contribution is 0.288. The summed E-state index contributed by atoms with van der Waals surface area (Å²) in [5, 5.41) is 13.4. The van der Waals surface area contributed by atoms with Crippen LogP contribution in [0.5, 0.6) is 0 Å². The summed E-state index contributed by atoms with van der Waals surface area (Å²) in [5.74, 6) is 0.437. The summed E-state index contributed by atoms with van der Waals surface area (Å²) >= 11 is 0. The summed E-state index contributed by atoms with van der Waals surface area (Å²) in [6.07, 6.45) is 2.39. The summed E-state index contributed by atoms with van der Waals surface area (Å²) in [5.41, 5.74) is 3.01. The minimum absolute atomic E-state index is 0.218. The molecule has 6 nitrogen and oxygen atoms in total. The molecule has 1 aliphatic rings. The molecule has 126 valence electrons. The molecule has 2 aromatic rings. The Kier molecular flexibility index (Phi) is 4.97. The molecule has 0 saturated carbocycles. The number of benzene rings is 1. The molecular formula is C17H20N4O2S. The molecular weight excluding hydrogens is 324 g/mol. The predicted octanol–water partition coefficient (Wildman–Crippen LogP) is 1.69. The van der Waals surface area contributed by atoms with E-state index >= 15 is 0 Å². The highest BCUT2D eigenvalue weighted by molar-refractivity contribution is 7.91. The van der Waals surface area contributed by atoms with Crippen LogP contribution in [0.25, 0.3) is 11.3 Å². The number of aryl methyl sites for hydroxylation is 1. The van der Waals surface area contributed by atoms with Gasteiger partial charge in [0.1, 0.15) is 0 Å². The minimum atomic E-state index is -2.88. The van der Waals surface area contributed by atoms with Gasteiger partial charge in [-0.15, -0.1) is 0 Å². The van der Waals surface area contributed by atoms with Crippen LogP contribution < -0.4 is 0 Å². The molecule has 7 heteroatoms. The van der Waals surface area contributed by atoms with Gasteiger partial charge in [0.2, 0.25) is 0 Å². The van der Waals surface area contributed by atoms with Crippen molar-refractivity contribution in [2.24, 2.45) is 0 Å². The Hall–Kier alpha value is -2.17. The zero-order valence-electron chi connectivity index (χ0n) is 13.4. The zero-order chi connectivity index (χ0) is 17.0. The highest BCUT2D eigenvalue weighted by Gasteiger charge is 2.23. The van der Waals surface area contributed by atoms with Crippen LogP contribution in [0.1, 0.15) is 12.0 Å². The van der Waals surface area contributed by atoms with Gasteiger partial charge in [0, 0.05) is 37.0 Å². The molecule has 0 radical (unpaired) electrons. The average molecular weight is 344 g/mol. The van der Waals surface area contributed by atoms with Crippen molar-refractivity contribution in [3.63, 3.8) is 0 Å². The van der Waals surface area contributed by atoms with Gasteiger partial charge < -0.3 is 0 Å². The third-order valence-corrected chi connectivity index (χ3v) is 5.78. The molecule has 3 rings (SSSR count). The van der Waals surface area contributed by atoms with Crippen molar-refractivity contribution in [2.75, 3.05) is 24.6 Å². The van der Waals surface area contributed by atoms with E-state index in [2.05, 4.69) is 16.1 Å². The lowest BCUT2D eigenvalue weighted by Crippen LogP contribution is -2.39. The third-order valence-electron chi connectivity index (χ3n) is 4.17. The topological polar surface area (TPSA) is 79.0 Å². The molecule has 0 aliphatic carbocycles. The number of nitriles is 1. The van der Waals surface area contributed by atoms with Crippen LogP contribution in [-0.2, 0) is 22.9 Å². The molecule has 0 amide bonds. The molecule has 1 aromatic carbocycles. The van der Waals surface area contributed by atoms with Gasteiger partial charge in [0.25, 0.3) is 0 Å². The second kappa shape index (κ2) is 7.16. The van der Waals surface area contributed by atoms with Crippen LogP contribution in [0.3, 0.4) is 0 Å². The van der Waals surface area contributed by atoms with E-state index in [0.717, 1.165) is 16.8 Å².